The molecule has 5 rings (SSSR count). The van der Waals surface area contributed by atoms with Gasteiger partial charge in [0.1, 0.15) is 23.7 Å². The lowest BCUT2D eigenvalue weighted by Crippen LogP contribution is -2.44. The fraction of sp³-hybridized carbons (Fsp3) is 0.567. The molecule has 1 saturated carbocycles. The average Bonchev–Trinajstić information content (AvgIpc) is 3.62. The molecule has 0 aromatic heterocycles. The zero-order chi connectivity index (χ0) is 25.3. The minimum absolute atomic E-state index is 0.0808. The van der Waals surface area contributed by atoms with Gasteiger partial charge in [-0.25, -0.2) is 0 Å². The Bertz CT molecular complexity index is 1100. The summed E-state index contributed by atoms with van der Waals surface area (Å²) in [6.07, 6.45) is 5.92. The van der Waals surface area contributed by atoms with Crippen LogP contribution in [0.2, 0.25) is 5.02 Å². The summed E-state index contributed by atoms with van der Waals surface area (Å²) in [5.41, 5.74) is 3.41. The van der Waals surface area contributed by atoms with Gasteiger partial charge >= 0.3 is 5.97 Å². The van der Waals surface area contributed by atoms with Gasteiger partial charge in [-0.2, -0.15) is 0 Å². The summed E-state index contributed by atoms with van der Waals surface area (Å²) in [5.74, 6) is 2.30. The number of carbonyl (C=O) groups is 1. The Morgan fingerprint density at radius 3 is 2.67 bits per heavy atom. The van der Waals surface area contributed by atoms with Crippen LogP contribution in [0.3, 0.4) is 0 Å². The molecule has 1 saturated heterocycles. The van der Waals surface area contributed by atoms with Crippen LogP contribution in [0, 0.1) is 0 Å². The summed E-state index contributed by atoms with van der Waals surface area (Å²) in [6, 6.07) is 12.5. The highest BCUT2D eigenvalue weighted by Gasteiger charge is 2.43. The molecule has 1 spiro atoms. The van der Waals surface area contributed by atoms with Gasteiger partial charge in [0, 0.05) is 34.1 Å². The maximum absolute atomic E-state index is 12.0. The third-order valence-corrected chi connectivity index (χ3v) is 8.03. The van der Waals surface area contributed by atoms with Crippen molar-refractivity contribution in [2.45, 2.75) is 82.8 Å². The van der Waals surface area contributed by atoms with Gasteiger partial charge < -0.3 is 19.1 Å². The number of piperidine rings is 1. The summed E-state index contributed by atoms with van der Waals surface area (Å²) in [5, 5.41) is 0.786. The molecule has 36 heavy (non-hydrogen) atoms. The van der Waals surface area contributed by atoms with Crippen molar-refractivity contribution in [2.75, 3.05) is 26.2 Å². The predicted octanol–water partition coefficient (Wildman–Crippen LogP) is 6.64. The predicted molar refractivity (Wildman–Crippen MR) is 142 cm³/mol. The van der Waals surface area contributed by atoms with E-state index in [-0.39, 0.29) is 11.4 Å². The summed E-state index contributed by atoms with van der Waals surface area (Å²) in [7, 11) is 0. The summed E-state index contributed by atoms with van der Waals surface area (Å²) < 4.78 is 17.8. The van der Waals surface area contributed by atoms with Crippen molar-refractivity contribution < 1.29 is 19.0 Å². The van der Waals surface area contributed by atoms with Gasteiger partial charge in [-0.05, 0) is 96.1 Å². The topological polar surface area (TPSA) is 48.0 Å². The van der Waals surface area contributed by atoms with Crippen LogP contribution in [0.1, 0.15) is 81.9 Å². The largest absolute Gasteiger partial charge is 0.492 e. The molecule has 194 valence electrons. The molecule has 2 aromatic rings. The lowest BCUT2D eigenvalue weighted by molar-refractivity contribution is -0.155. The lowest BCUT2D eigenvalue weighted by atomic mass is 9.74. The van der Waals surface area contributed by atoms with Gasteiger partial charge in [-0.15, -0.1) is 0 Å². The second-order valence-corrected chi connectivity index (χ2v) is 12.0. The second-order valence-electron chi connectivity index (χ2n) is 11.6. The van der Waals surface area contributed by atoms with Crippen molar-refractivity contribution in [1.82, 2.24) is 4.90 Å². The molecule has 5 nitrogen and oxygen atoms in total. The first kappa shape index (κ1) is 25.4. The van der Waals surface area contributed by atoms with Crippen molar-refractivity contribution in [3.05, 3.63) is 58.1 Å². The van der Waals surface area contributed by atoms with Crippen molar-refractivity contribution in [3.63, 3.8) is 0 Å². The van der Waals surface area contributed by atoms with E-state index < -0.39 is 5.60 Å². The third-order valence-electron chi connectivity index (χ3n) is 7.67. The number of esters is 1. The molecule has 6 heteroatoms. The highest BCUT2D eigenvalue weighted by atomic mass is 35.5. The van der Waals surface area contributed by atoms with E-state index in [0.717, 1.165) is 67.6 Å². The Hall–Kier alpha value is -2.24. The van der Waals surface area contributed by atoms with Crippen LogP contribution in [0.15, 0.2) is 36.4 Å². The number of nitrogens with zero attached hydrogens (tertiary/aromatic N) is 1. The van der Waals surface area contributed by atoms with E-state index >= 15 is 0 Å². The first-order chi connectivity index (χ1) is 17.2. The summed E-state index contributed by atoms with van der Waals surface area (Å²) in [4.78, 5) is 14.5. The van der Waals surface area contributed by atoms with Crippen molar-refractivity contribution >= 4 is 17.6 Å². The smallest absolute Gasteiger partial charge is 0.306 e. The number of hydrogen-bond acceptors (Lipinski definition) is 5. The van der Waals surface area contributed by atoms with Crippen molar-refractivity contribution in [1.29, 1.82) is 0 Å². The highest BCUT2D eigenvalue weighted by Crippen LogP contribution is 2.47. The number of halogens is 1. The minimum Gasteiger partial charge on any atom is -0.492 e. The van der Waals surface area contributed by atoms with E-state index in [9.17, 15) is 4.79 Å². The SMILES string of the molecule is CC(C)(C)OC(=O)CCCN1CCC2(CC1)COc1cc(OCc3c(Cl)cccc3C3CC3)ccc12. The Kier molecular flexibility index (Phi) is 7.24. The monoisotopic (exact) mass is 511 g/mol. The molecular formula is C30H38ClNO4. The quantitative estimate of drug-likeness (QED) is 0.371. The molecule has 2 aliphatic heterocycles. The van der Waals surface area contributed by atoms with Gasteiger partial charge in [-0.3, -0.25) is 4.79 Å². The fourth-order valence-electron chi connectivity index (χ4n) is 5.56. The average molecular weight is 512 g/mol. The maximum atomic E-state index is 12.0. The van der Waals surface area contributed by atoms with E-state index in [1.807, 2.05) is 39.0 Å². The molecule has 0 amide bonds. The highest BCUT2D eigenvalue weighted by molar-refractivity contribution is 6.31. The third kappa shape index (κ3) is 5.84. The molecule has 1 aliphatic carbocycles. The second kappa shape index (κ2) is 10.3. The number of benzene rings is 2. The van der Waals surface area contributed by atoms with Crippen molar-refractivity contribution in [2.24, 2.45) is 0 Å². The van der Waals surface area contributed by atoms with Crippen LogP contribution in [-0.4, -0.2) is 42.7 Å². The van der Waals surface area contributed by atoms with E-state index in [2.05, 4.69) is 23.1 Å². The summed E-state index contributed by atoms with van der Waals surface area (Å²) in [6.45, 7) is 9.92. The number of rotatable bonds is 8. The van der Waals surface area contributed by atoms with Gasteiger partial charge in [-0.1, -0.05) is 29.8 Å². The van der Waals surface area contributed by atoms with E-state index in [4.69, 9.17) is 25.8 Å². The number of carbonyl (C=O) groups excluding carboxylic acids is 1. The standard InChI is InChI=1S/C30H38ClNO4/c1-29(2,3)36-28(33)8-5-15-32-16-13-30(14-17-32)20-35-27-18-22(11-12-25(27)30)34-19-24-23(21-9-10-21)6-4-7-26(24)31/h4,6-7,11-12,18,21H,5,8-10,13-17,19-20H2,1-3H3. The molecule has 2 heterocycles. The van der Waals surface area contributed by atoms with Crippen LogP contribution in [0.5, 0.6) is 11.5 Å². The maximum Gasteiger partial charge on any atom is 0.306 e. The molecule has 2 fully saturated rings. The molecule has 3 aliphatic rings. The van der Waals surface area contributed by atoms with E-state index in [0.29, 0.717) is 18.9 Å². The van der Waals surface area contributed by atoms with Gasteiger partial charge in [0.25, 0.3) is 0 Å². The normalized spacial score (nSPS) is 19.1. The van der Waals surface area contributed by atoms with Gasteiger partial charge in [0.2, 0.25) is 0 Å². The molecule has 0 radical (unpaired) electrons. The first-order valence-corrected chi connectivity index (χ1v) is 13.7. The molecule has 0 N–H and O–H groups in total. The fourth-order valence-corrected chi connectivity index (χ4v) is 5.80. The Morgan fingerprint density at radius 1 is 1.17 bits per heavy atom. The number of fused-ring (bicyclic) bond motifs is 2. The Morgan fingerprint density at radius 2 is 1.94 bits per heavy atom. The van der Waals surface area contributed by atoms with Gasteiger partial charge in [0.15, 0.2) is 0 Å². The molecule has 0 unspecified atom stereocenters. The molecule has 0 atom stereocenters. The van der Waals surface area contributed by atoms with Crippen molar-refractivity contribution in [3.8, 4) is 11.5 Å². The summed E-state index contributed by atoms with van der Waals surface area (Å²) >= 11 is 6.51. The van der Waals surface area contributed by atoms with E-state index in [1.54, 1.807) is 0 Å². The van der Waals surface area contributed by atoms with Crippen LogP contribution in [0.4, 0.5) is 0 Å². The van der Waals surface area contributed by atoms with Crippen LogP contribution >= 0.6 is 11.6 Å². The number of ether oxygens (including phenoxy) is 3. The first-order valence-electron chi connectivity index (χ1n) is 13.3. The van der Waals surface area contributed by atoms with Gasteiger partial charge in [0.05, 0.1) is 6.61 Å². The number of hydrogen-bond donors (Lipinski definition) is 0. The van der Waals surface area contributed by atoms with Crippen LogP contribution < -0.4 is 9.47 Å². The molecular weight excluding hydrogens is 474 g/mol. The Labute approximate surface area is 220 Å². The zero-order valence-corrected chi connectivity index (χ0v) is 22.5. The van der Waals surface area contributed by atoms with E-state index in [1.165, 1.54) is 24.0 Å². The Balaban J connectivity index is 1.14. The minimum atomic E-state index is -0.413. The van der Waals surface area contributed by atoms with Crippen LogP contribution in [0.25, 0.3) is 0 Å². The van der Waals surface area contributed by atoms with Crippen LogP contribution in [-0.2, 0) is 21.6 Å². The molecule has 2 aromatic carbocycles. The lowest BCUT2D eigenvalue weighted by Gasteiger charge is -2.38. The molecule has 0 bridgehead atoms. The zero-order valence-electron chi connectivity index (χ0n) is 21.8. The number of likely N-dealkylation sites (tertiary alicyclic amines) is 1.